The van der Waals surface area contributed by atoms with Crippen LogP contribution in [0.4, 0.5) is 4.39 Å². The van der Waals surface area contributed by atoms with Crippen molar-refractivity contribution in [2.75, 3.05) is 7.05 Å². The van der Waals surface area contributed by atoms with Gasteiger partial charge in [0, 0.05) is 25.7 Å². The van der Waals surface area contributed by atoms with E-state index >= 15 is 0 Å². The molecule has 4 heteroatoms. The minimum atomic E-state index is -0.322. The number of fused-ring (bicyclic) bond motifs is 1. The number of amides is 1. The first-order chi connectivity index (χ1) is 7.56. The lowest BCUT2D eigenvalue weighted by atomic mass is 10.1. The van der Waals surface area contributed by atoms with E-state index < -0.39 is 0 Å². The molecule has 1 N–H and O–H groups in total. The van der Waals surface area contributed by atoms with Crippen molar-refractivity contribution in [1.29, 1.82) is 0 Å². The molecular formula is C12H13FN2O. The topological polar surface area (TPSA) is 34.0 Å². The molecule has 1 amide bonds. The van der Waals surface area contributed by atoms with E-state index in [4.69, 9.17) is 0 Å². The van der Waals surface area contributed by atoms with E-state index in [2.05, 4.69) is 5.32 Å². The summed E-state index contributed by atoms with van der Waals surface area (Å²) >= 11 is 0. The number of hydrogen-bond donors (Lipinski definition) is 1. The average Bonchev–Trinajstić information content (AvgIpc) is 2.61. The van der Waals surface area contributed by atoms with Gasteiger partial charge in [0.15, 0.2) is 0 Å². The van der Waals surface area contributed by atoms with Crippen LogP contribution in [0.25, 0.3) is 10.9 Å². The van der Waals surface area contributed by atoms with Crippen LogP contribution in [-0.2, 0) is 7.05 Å². The minimum Gasteiger partial charge on any atom is -0.355 e. The molecule has 0 aliphatic carbocycles. The van der Waals surface area contributed by atoms with E-state index in [1.165, 1.54) is 7.05 Å². The monoisotopic (exact) mass is 220 g/mol. The average molecular weight is 220 g/mol. The third kappa shape index (κ3) is 1.38. The summed E-state index contributed by atoms with van der Waals surface area (Å²) in [4.78, 5) is 11.6. The summed E-state index contributed by atoms with van der Waals surface area (Å²) in [5.74, 6) is -0.591. The van der Waals surface area contributed by atoms with Crippen molar-refractivity contribution in [3.63, 3.8) is 0 Å². The highest BCUT2D eigenvalue weighted by Gasteiger charge is 2.17. The maximum absolute atomic E-state index is 14.0. The Morgan fingerprint density at radius 1 is 1.44 bits per heavy atom. The van der Waals surface area contributed by atoms with Gasteiger partial charge in [0.05, 0.1) is 11.1 Å². The van der Waals surface area contributed by atoms with Crippen LogP contribution < -0.4 is 5.32 Å². The summed E-state index contributed by atoms with van der Waals surface area (Å²) in [6, 6.07) is 3.53. The fourth-order valence-corrected chi connectivity index (χ4v) is 1.85. The summed E-state index contributed by atoms with van der Waals surface area (Å²) in [5.41, 5.74) is 1.65. The lowest BCUT2D eigenvalue weighted by Gasteiger charge is -2.01. The minimum absolute atomic E-state index is 0.268. The standard InChI is InChI=1S/C12H13FN2O/c1-7-4-5-9-10(11(7)13)8(6-15(9)3)12(16)14-2/h4-6H,1-3H3,(H,14,16). The number of hydrogen-bond acceptors (Lipinski definition) is 1. The van der Waals surface area contributed by atoms with Crippen molar-refractivity contribution in [3.05, 3.63) is 35.3 Å². The number of aryl methyl sites for hydroxylation is 2. The smallest absolute Gasteiger partial charge is 0.253 e. The van der Waals surface area contributed by atoms with Gasteiger partial charge < -0.3 is 9.88 Å². The fraction of sp³-hybridized carbons (Fsp3) is 0.250. The van der Waals surface area contributed by atoms with E-state index in [1.54, 1.807) is 30.8 Å². The Hall–Kier alpha value is -1.84. The summed E-state index contributed by atoms with van der Waals surface area (Å²) in [6.07, 6.45) is 1.64. The van der Waals surface area contributed by atoms with Gasteiger partial charge in [-0.15, -0.1) is 0 Å². The largest absolute Gasteiger partial charge is 0.355 e. The van der Waals surface area contributed by atoms with Crippen LogP contribution in [0.1, 0.15) is 15.9 Å². The van der Waals surface area contributed by atoms with Crippen LogP contribution in [0.15, 0.2) is 18.3 Å². The van der Waals surface area contributed by atoms with Crippen LogP contribution in [0.5, 0.6) is 0 Å². The van der Waals surface area contributed by atoms with Gasteiger partial charge in [-0.3, -0.25) is 4.79 Å². The Bertz CT molecular complexity index is 572. The highest BCUT2D eigenvalue weighted by molar-refractivity contribution is 6.07. The van der Waals surface area contributed by atoms with Crippen molar-refractivity contribution in [2.24, 2.45) is 7.05 Å². The second-order valence-corrected chi connectivity index (χ2v) is 3.82. The van der Waals surface area contributed by atoms with Crippen molar-refractivity contribution >= 4 is 16.8 Å². The molecule has 1 aromatic carbocycles. The van der Waals surface area contributed by atoms with E-state index in [0.29, 0.717) is 16.5 Å². The molecule has 2 rings (SSSR count). The van der Waals surface area contributed by atoms with Gasteiger partial charge in [0.25, 0.3) is 5.91 Å². The lowest BCUT2D eigenvalue weighted by molar-refractivity contribution is 0.0964. The van der Waals surface area contributed by atoms with E-state index in [0.717, 1.165) is 5.52 Å². The molecule has 0 aliphatic heterocycles. The molecule has 0 fully saturated rings. The summed E-state index contributed by atoms with van der Waals surface area (Å²) in [6.45, 7) is 1.69. The molecule has 0 bridgehead atoms. The zero-order valence-electron chi connectivity index (χ0n) is 9.47. The SMILES string of the molecule is CNC(=O)c1cn(C)c2ccc(C)c(F)c12. The van der Waals surface area contributed by atoms with Crippen molar-refractivity contribution < 1.29 is 9.18 Å². The number of carbonyl (C=O) groups is 1. The molecule has 84 valence electrons. The summed E-state index contributed by atoms with van der Waals surface area (Å²) in [5, 5.41) is 2.91. The van der Waals surface area contributed by atoms with Crippen LogP contribution >= 0.6 is 0 Å². The Morgan fingerprint density at radius 3 is 2.75 bits per heavy atom. The normalized spacial score (nSPS) is 10.8. The van der Waals surface area contributed by atoms with Crippen molar-refractivity contribution in [2.45, 2.75) is 6.92 Å². The van der Waals surface area contributed by atoms with Crippen LogP contribution in [0.3, 0.4) is 0 Å². The zero-order valence-corrected chi connectivity index (χ0v) is 9.47. The van der Waals surface area contributed by atoms with Gasteiger partial charge in [0.2, 0.25) is 0 Å². The second-order valence-electron chi connectivity index (χ2n) is 3.82. The zero-order chi connectivity index (χ0) is 11.9. The van der Waals surface area contributed by atoms with Gasteiger partial charge in [0.1, 0.15) is 5.82 Å². The second kappa shape index (κ2) is 3.63. The molecule has 0 aliphatic rings. The molecule has 1 heterocycles. The van der Waals surface area contributed by atoms with Gasteiger partial charge in [-0.05, 0) is 18.6 Å². The van der Waals surface area contributed by atoms with E-state index in [9.17, 15) is 9.18 Å². The quantitative estimate of drug-likeness (QED) is 0.783. The van der Waals surface area contributed by atoms with Crippen LogP contribution in [0.2, 0.25) is 0 Å². The number of carbonyl (C=O) groups excluding carboxylic acids is 1. The Kier molecular flexibility index (Phi) is 2.42. The third-order valence-electron chi connectivity index (χ3n) is 2.76. The first-order valence-electron chi connectivity index (χ1n) is 5.02. The highest BCUT2D eigenvalue weighted by Crippen LogP contribution is 2.25. The van der Waals surface area contributed by atoms with E-state index in [1.807, 2.05) is 6.07 Å². The van der Waals surface area contributed by atoms with Gasteiger partial charge in [-0.25, -0.2) is 4.39 Å². The maximum Gasteiger partial charge on any atom is 0.253 e. The Labute approximate surface area is 92.9 Å². The third-order valence-corrected chi connectivity index (χ3v) is 2.76. The fourth-order valence-electron chi connectivity index (χ4n) is 1.85. The van der Waals surface area contributed by atoms with Gasteiger partial charge in [-0.2, -0.15) is 0 Å². The predicted molar refractivity (Wildman–Crippen MR) is 61.0 cm³/mol. The summed E-state index contributed by atoms with van der Waals surface area (Å²) < 4.78 is 15.7. The molecule has 2 aromatic rings. The lowest BCUT2D eigenvalue weighted by Crippen LogP contribution is -2.17. The van der Waals surface area contributed by atoms with Crippen LogP contribution in [0, 0.1) is 12.7 Å². The molecule has 3 nitrogen and oxygen atoms in total. The molecule has 0 radical (unpaired) electrons. The maximum atomic E-state index is 14.0. The van der Waals surface area contributed by atoms with Gasteiger partial charge >= 0.3 is 0 Å². The molecule has 16 heavy (non-hydrogen) atoms. The Balaban J connectivity index is 2.85. The molecular weight excluding hydrogens is 207 g/mol. The molecule has 0 saturated heterocycles. The Morgan fingerprint density at radius 2 is 2.12 bits per heavy atom. The number of nitrogens with one attached hydrogen (secondary N) is 1. The first kappa shape index (κ1) is 10.7. The molecule has 0 spiro atoms. The number of halogens is 1. The number of aromatic nitrogens is 1. The number of nitrogens with zero attached hydrogens (tertiary/aromatic N) is 1. The van der Waals surface area contributed by atoms with E-state index in [-0.39, 0.29) is 11.7 Å². The highest BCUT2D eigenvalue weighted by atomic mass is 19.1. The first-order valence-corrected chi connectivity index (χ1v) is 5.02. The van der Waals surface area contributed by atoms with Gasteiger partial charge in [-0.1, -0.05) is 6.07 Å². The molecule has 0 unspecified atom stereocenters. The van der Waals surface area contributed by atoms with Crippen LogP contribution in [-0.4, -0.2) is 17.5 Å². The molecule has 0 atom stereocenters. The van der Waals surface area contributed by atoms with Crippen molar-refractivity contribution in [1.82, 2.24) is 9.88 Å². The summed E-state index contributed by atoms with van der Waals surface area (Å²) in [7, 11) is 3.33. The molecule has 1 aromatic heterocycles. The number of rotatable bonds is 1. The predicted octanol–water partition coefficient (Wildman–Crippen LogP) is 1.99. The van der Waals surface area contributed by atoms with Crippen molar-refractivity contribution in [3.8, 4) is 0 Å². The number of benzene rings is 1. The molecule has 0 saturated carbocycles.